The van der Waals surface area contributed by atoms with Crippen molar-refractivity contribution < 1.29 is 23.6 Å². The third kappa shape index (κ3) is 7.02. The third-order valence-electron chi connectivity index (χ3n) is 6.44. The van der Waals surface area contributed by atoms with Crippen LogP contribution in [0.3, 0.4) is 0 Å². The molecule has 0 bridgehead atoms. The molecule has 3 aromatic rings. The Kier molecular flexibility index (Phi) is 8.18. The Morgan fingerprint density at radius 3 is 2.47 bits per heavy atom. The summed E-state index contributed by atoms with van der Waals surface area (Å²) in [6.07, 6.45) is 2.81. The van der Waals surface area contributed by atoms with Crippen LogP contribution in [0.1, 0.15) is 34.5 Å². The van der Waals surface area contributed by atoms with Crippen molar-refractivity contribution in [1.29, 1.82) is 0 Å². The summed E-state index contributed by atoms with van der Waals surface area (Å²) in [5.74, 6) is -0.115. The van der Waals surface area contributed by atoms with Crippen molar-refractivity contribution in [3.63, 3.8) is 0 Å². The molecule has 2 heterocycles. The molecule has 188 valence electrons. The van der Waals surface area contributed by atoms with E-state index in [4.69, 9.17) is 4.74 Å². The standard InChI is InChI=1S/C28H31N3O4S/c1-31(2)16-14-22(15-17-31)35-28(34)29-25-11-8-20(18-24(25)21-6-4-3-5-7-21)9-12-26(33)30-27-13-10-23(19-32)36-27/h3-8,10-11,13,18-19,22H,9,12,14-17H2,1-2H3,(H-,29,30,32,33,34)/p+1. The molecule has 7 nitrogen and oxygen atoms in total. The number of benzene rings is 2. The summed E-state index contributed by atoms with van der Waals surface area (Å²) in [6.45, 7) is 1.97. The Labute approximate surface area is 215 Å². The molecule has 2 aromatic carbocycles. The number of aryl methyl sites for hydroxylation is 1. The van der Waals surface area contributed by atoms with Gasteiger partial charge in [-0.1, -0.05) is 36.4 Å². The maximum Gasteiger partial charge on any atom is 0.411 e. The van der Waals surface area contributed by atoms with Crippen molar-refractivity contribution in [1.82, 2.24) is 0 Å². The predicted molar refractivity (Wildman–Crippen MR) is 144 cm³/mol. The van der Waals surface area contributed by atoms with Crippen molar-refractivity contribution in [3.05, 3.63) is 71.1 Å². The van der Waals surface area contributed by atoms with Gasteiger partial charge in [-0.3, -0.25) is 14.9 Å². The molecule has 0 spiro atoms. The molecule has 0 saturated carbocycles. The van der Waals surface area contributed by atoms with Gasteiger partial charge in [-0.2, -0.15) is 0 Å². The fourth-order valence-electron chi connectivity index (χ4n) is 4.31. The highest BCUT2D eigenvalue weighted by Crippen LogP contribution is 2.30. The summed E-state index contributed by atoms with van der Waals surface area (Å²) in [7, 11) is 4.39. The van der Waals surface area contributed by atoms with Gasteiger partial charge < -0.3 is 14.5 Å². The first-order valence-corrected chi connectivity index (χ1v) is 13.0. The van der Waals surface area contributed by atoms with Crippen molar-refractivity contribution in [2.75, 3.05) is 37.8 Å². The monoisotopic (exact) mass is 506 g/mol. The number of quaternary nitrogens is 1. The fraction of sp³-hybridized carbons (Fsp3) is 0.321. The Morgan fingerprint density at radius 2 is 1.78 bits per heavy atom. The number of carbonyl (C=O) groups is 3. The van der Waals surface area contributed by atoms with Crippen LogP contribution in [-0.4, -0.2) is 56.1 Å². The lowest BCUT2D eigenvalue weighted by Gasteiger charge is -2.36. The van der Waals surface area contributed by atoms with Gasteiger partial charge >= 0.3 is 6.09 Å². The normalized spacial score (nSPS) is 15.2. The second-order valence-corrected chi connectivity index (χ2v) is 10.8. The molecule has 0 radical (unpaired) electrons. The molecule has 0 unspecified atom stereocenters. The molecular weight excluding hydrogens is 474 g/mol. The number of nitrogens with zero attached hydrogens (tertiary/aromatic N) is 1. The Hall–Kier alpha value is -3.49. The van der Waals surface area contributed by atoms with E-state index >= 15 is 0 Å². The summed E-state index contributed by atoms with van der Waals surface area (Å²) < 4.78 is 6.67. The van der Waals surface area contributed by atoms with Crippen molar-refractivity contribution >= 4 is 40.3 Å². The average Bonchev–Trinajstić information content (AvgIpc) is 3.32. The first-order chi connectivity index (χ1) is 17.3. The first kappa shape index (κ1) is 25.6. The molecular formula is C28H32N3O4S+. The number of rotatable bonds is 8. The minimum Gasteiger partial charge on any atom is -0.446 e. The number of ether oxygens (including phenoxy) is 1. The summed E-state index contributed by atoms with van der Waals surface area (Å²) in [6, 6.07) is 19.0. The van der Waals surface area contributed by atoms with Crippen LogP contribution in [0, 0.1) is 0 Å². The van der Waals surface area contributed by atoms with E-state index in [2.05, 4.69) is 24.7 Å². The van der Waals surface area contributed by atoms with E-state index in [0.717, 1.165) is 53.4 Å². The van der Waals surface area contributed by atoms with Gasteiger partial charge in [-0.25, -0.2) is 4.79 Å². The van der Waals surface area contributed by atoms with E-state index in [1.54, 1.807) is 12.1 Å². The van der Waals surface area contributed by atoms with E-state index in [1.807, 2.05) is 48.5 Å². The zero-order chi connectivity index (χ0) is 25.5. The summed E-state index contributed by atoms with van der Waals surface area (Å²) >= 11 is 1.25. The first-order valence-electron chi connectivity index (χ1n) is 12.1. The molecule has 36 heavy (non-hydrogen) atoms. The lowest BCUT2D eigenvalue weighted by Crippen LogP contribution is -2.48. The topological polar surface area (TPSA) is 84.5 Å². The van der Waals surface area contributed by atoms with Crippen molar-refractivity contribution in [2.24, 2.45) is 0 Å². The largest absolute Gasteiger partial charge is 0.446 e. The van der Waals surface area contributed by atoms with Gasteiger partial charge in [0.2, 0.25) is 5.91 Å². The quantitative estimate of drug-likeness (QED) is 0.308. The van der Waals surface area contributed by atoms with Crippen molar-refractivity contribution in [2.45, 2.75) is 31.8 Å². The molecule has 1 aliphatic rings. The number of carbonyl (C=O) groups excluding carboxylic acids is 3. The zero-order valence-electron chi connectivity index (χ0n) is 20.7. The molecule has 1 aliphatic heterocycles. The molecule has 2 amide bonds. The number of amides is 2. The SMILES string of the molecule is C[N+]1(C)CCC(OC(=O)Nc2ccc(CCC(=O)Nc3ccc(C=O)s3)cc2-c2ccccc2)CC1. The maximum atomic E-state index is 12.7. The lowest BCUT2D eigenvalue weighted by atomic mass is 9.99. The highest BCUT2D eigenvalue weighted by Gasteiger charge is 2.28. The van der Waals surface area contributed by atoms with Gasteiger partial charge in [0.05, 0.1) is 42.8 Å². The van der Waals surface area contributed by atoms with Crippen LogP contribution in [0.2, 0.25) is 0 Å². The maximum absolute atomic E-state index is 12.7. The van der Waals surface area contributed by atoms with Crippen LogP contribution < -0.4 is 10.6 Å². The van der Waals surface area contributed by atoms with E-state index in [-0.39, 0.29) is 12.0 Å². The number of aldehydes is 1. The van der Waals surface area contributed by atoms with Crippen LogP contribution in [0.25, 0.3) is 11.1 Å². The zero-order valence-corrected chi connectivity index (χ0v) is 21.5. The van der Waals surface area contributed by atoms with Crippen LogP contribution in [0.4, 0.5) is 15.5 Å². The number of nitrogens with one attached hydrogen (secondary N) is 2. The van der Waals surface area contributed by atoms with Gasteiger partial charge in [0, 0.05) is 24.8 Å². The average molecular weight is 507 g/mol. The number of hydrogen-bond acceptors (Lipinski definition) is 5. The Balaban J connectivity index is 1.42. The van der Waals surface area contributed by atoms with Gasteiger partial charge in [0.1, 0.15) is 6.10 Å². The molecule has 0 aliphatic carbocycles. The highest BCUT2D eigenvalue weighted by atomic mass is 32.1. The second kappa shape index (κ2) is 11.5. The summed E-state index contributed by atoms with van der Waals surface area (Å²) in [4.78, 5) is 36.5. The molecule has 8 heteroatoms. The predicted octanol–water partition coefficient (Wildman–Crippen LogP) is 5.59. The van der Waals surface area contributed by atoms with E-state index in [1.165, 1.54) is 11.3 Å². The number of hydrogen-bond donors (Lipinski definition) is 2. The lowest BCUT2D eigenvalue weighted by molar-refractivity contribution is -0.896. The Bertz CT molecular complexity index is 1210. The third-order valence-corrected chi connectivity index (χ3v) is 7.36. The van der Waals surface area contributed by atoms with Gasteiger partial charge in [0.15, 0.2) is 6.29 Å². The van der Waals surface area contributed by atoms with Crippen molar-refractivity contribution in [3.8, 4) is 11.1 Å². The number of piperidine rings is 1. The van der Waals surface area contributed by atoms with Gasteiger partial charge in [0.25, 0.3) is 0 Å². The van der Waals surface area contributed by atoms with Crippen LogP contribution in [0.5, 0.6) is 0 Å². The van der Waals surface area contributed by atoms with Crippen LogP contribution in [0.15, 0.2) is 60.7 Å². The number of thiophene rings is 1. The Morgan fingerprint density at radius 1 is 1.03 bits per heavy atom. The van der Waals surface area contributed by atoms with E-state index < -0.39 is 6.09 Å². The van der Waals surface area contributed by atoms with Gasteiger partial charge in [-0.15, -0.1) is 11.3 Å². The number of anilines is 2. The number of likely N-dealkylation sites (tertiary alicyclic amines) is 1. The molecule has 4 rings (SSSR count). The van der Waals surface area contributed by atoms with Crippen LogP contribution >= 0.6 is 11.3 Å². The van der Waals surface area contributed by atoms with Gasteiger partial charge in [-0.05, 0) is 41.8 Å². The minimum absolute atomic E-state index is 0.0694. The molecule has 1 aromatic heterocycles. The fourth-order valence-corrected chi connectivity index (χ4v) is 5.04. The molecule has 0 atom stereocenters. The highest BCUT2D eigenvalue weighted by molar-refractivity contribution is 7.17. The van der Waals surface area contributed by atoms with E-state index in [9.17, 15) is 14.4 Å². The van der Waals surface area contributed by atoms with E-state index in [0.29, 0.717) is 28.4 Å². The second-order valence-electron chi connectivity index (χ2n) is 9.73. The van der Waals surface area contributed by atoms with Crippen LogP contribution in [-0.2, 0) is 16.0 Å². The molecule has 1 fully saturated rings. The summed E-state index contributed by atoms with van der Waals surface area (Å²) in [5, 5.41) is 6.44. The molecule has 1 saturated heterocycles. The summed E-state index contributed by atoms with van der Waals surface area (Å²) in [5.41, 5.74) is 3.50. The molecule has 2 N–H and O–H groups in total. The minimum atomic E-state index is -0.442. The smallest absolute Gasteiger partial charge is 0.411 e.